The molecule has 0 radical (unpaired) electrons. The molecule has 0 aliphatic carbocycles. The fraction of sp³-hybridized carbons (Fsp3) is 0.368. The van der Waals surface area contributed by atoms with Crippen LogP contribution in [0.4, 0.5) is 17.2 Å². The molecule has 124 valence electrons. The van der Waals surface area contributed by atoms with Gasteiger partial charge in [0.2, 0.25) is 5.91 Å². The fourth-order valence-electron chi connectivity index (χ4n) is 3.42. The lowest BCUT2D eigenvalue weighted by Gasteiger charge is -2.26. The zero-order chi connectivity index (χ0) is 16.5. The maximum absolute atomic E-state index is 12.3. The Hall–Kier alpha value is -2.40. The predicted molar refractivity (Wildman–Crippen MR) is 93.4 cm³/mol. The standard InChI is InChI=1S/C19H21N3O2/c1-13(23)22-12-15-5-4-9-20-19(15)21-16-8-7-14(11-17(16)22)18-6-2-3-10-24-18/h4-5,7-9,11,18H,2-3,6,10,12H2,1H3,(H,20,21). The molecule has 1 aromatic heterocycles. The van der Waals surface area contributed by atoms with Crippen LogP contribution in [-0.4, -0.2) is 17.5 Å². The number of amides is 1. The Bertz CT molecular complexity index is 769. The first-order valence-electron chi connectivity index (χ1n) is 8.47. The van der Waals surface area contributed by atoms with Crippen molar-refractivity contribution in [2.75, 3.05) is 16.8 Å². The van der Waals surface area contributed by atoms with Crippen molar-refractivity contribution in [3.63, 3.8) is 0 Å². The minimum Gasteiger partial charge on any atom is -0.374 e. The first-order valence-corrected chi connectivity index (χ1v) is 8.47. The Morgan fingerprint density at radius 2 is 2.25 bits per heavy atom. The summed E-state index contributed by atoms with van der Waals surface area (Å²) in [7, 11) is 0. The van der Waals surface area contributed by atoms with Gasteiger partial charge in [-0.2, -0.15) is 0 Å². The summed E-state index contributed by atoms with van der Waals surface area (Å²) >= 11 is 0. The third-order valence-corrected chi connectivity index (χ3v) is 4.72. The van der Waals surface area contributed by atoms with Gasteiger partial charge in [-0.3, -0.25) is 4.79 Å². The van der Waals surface area contributed by atoms with E-state index in [1.54, 1.807) is 13.1 Å². The molecule has 1 atom stereocenters. The van der Waals surface area contributed by atoms with Crippen molar-refractivity contribution in [2.45, 2.75) is 38.8 Å². The van der Waals surface area contributed by atoms with E-state index >= 15 is 0 Å². The molecule has 2 aromatic rings. The number of nitrogens with one attached hydrogen (secondary N) is 1. The molecule has 24 heavy (non-hydrogen) atoms. The second-order valence-corrected chi connectivity index (χ2v) is 6.37. The number of hydrogen-bond donors (Lipinski definition) is 1. The Morgan fingerprint density at radius 3 is 3.04 bits per heavy atom. The molecule has 2 aliphatic rings. The highest BCUT2D eigenvalue weighted by Gasteiger charge is 2.24. The maximum Gasteiger partial charge on any atom is 0.224 e. The Morgan fingerprint density at radius 1 is 1.33 bits per heavy atom. The summed E-state index contributed by atoms with van der Waals surface area (Å²) in [5.41, 5.74) is 3.95. The first-order chi connectivity index (χ1) is 11.7. The van der Waals surface area contributed by atoms with Crippen molar-refractivity contribution in [3.05, 3.63) is 47.7 Å². The van der Waals surface area contributed by atoms with Crippen molar-refractivity contribution in [1.82, 2.24) is 4.98 Å². The van der Waals surface area contributed by atoms with Gasteiger partial charge in [0.05, 0.1) is 24.0 Å². The number of ether oxygens (including phenoxy) is 1. The van der Waals surface area contributed by atoms with E-state index in [1.807, 2.05) is 23.1 Å². The topological polar surface area (TPSA) is 54.5 Å². The van der Waals surface area contributed by atoms with Crippen LogP contribution in [0.3, 0.4) is 0 Å². The molecule has 1 unspecified atom stereocenters. The highest BCUT2D eigenvalue weighted by Crippen LogP contribution is 2.38. The third kappa shape index (κ3) is 2.76. The van der Waals surface area contributed by atoms with E-state index in [0.29, 0.717) is 6.54 Å². The van der Waals surface area contributed by atoms with Crippen LogP contribution in [0, 0.1) is 0 Å². The van der Waals surface area contributed by atoms with E-state index in [0.717, 1.165) is 47.8 Å². The Balaban J connectivity index is 1.76. The van der Waals surface area contributed by atoms with Gasteiger partial charge in [-0.25, -0.2) is 4.98 Å². The van der Waals surface area contributed by atoms with Crippen LogP contribution >= 0.6 is 0 Å². The molecule has 0 saturated carbocycles. The van der Waals surface area contributed by atoms with E-state index < -0.39 is 0 Å². The number of carbonyl (C=O) groups is 1. The molecule has 4 rings (SSSR count). The second kappa shape index (κ2) is 6.24. The number of hydrogen-bond acceptors (Lipinski definition) is 4. The SMILES string of the molecule is CC(=O)N1Cc2cccnc2Nc2ccc(C3CCCCO3)cc21. The lowest BCUT2D eigenvalue weighted by atomic mass is 10.00. The van der Waals surface area contributed by atoms with Gasteiger partial charge in [0.25, 0.3) is 0 Å². The fourth-order valence-corrected chi connectivity index (χ4v) is 3.42. The second-order valence-electron chi connectivity index (χ2n) is 6.37. The van der Waals surface area contributed by atoms with Gasteiger partial charge in [0.1, 0.15) is 5.82 Å². The van der Waals surface area contributed by atoms with E-state index in [2.05, 4.69) is 22.4 Å². The lowest BCUT2D eigenvalue weighted by molar-refractivity contribution is -0.116. The molecule has 1 fully saturated rings. The summed E-state index contributed by atoms with van der Waals surface area (Å²) in [6.07, 6.45) is 5.24. The number of anilines is 3. The van der Waals surface area contributed by atoms with Crippen LogP contribution in [0.25, 0.3) is 0 Å². The van der Waals surface area contributed by atoms with Crippen LogP contribution in [0.2, 0.25) is 0 Å². The molecule has 1 saturated heterocycles. The molecule has 0 spiro atoms. The number of benzene rings is 1. The van der Waals surface area contributed by atoms with Gasteiger partial charge >= 0.3 is 0 Å². The molecule has 1 aromatic carbocycles. The Kier molecular flexibility index (Phi) is 3.94. The molecule has 5 nitrogen and oxygen atoms in total. The van der Waals surface area contributed by atoms with Crippen LogP contribution in [0.1, 0.15) is 43.4 Å². The summed E-state index contributed by atoms with van der Waals surface area (Å²) in [5, 5.41) is 3.37. The summed E-state index contributed by atoms with van der Waals surface area (Å²) in [4.78, 5) is 18.5. The molecule has 5 heteroatoms. The molecule has 2 aliphatic heterocycles. The van der Waals surface area contributed by atoms with Gasteiger partial charge in [-0.05, 0) is 43.0 Å². The molecular formula is C19H21N3O2. The predicted octanol–water partition coefficient (Wildman–Crippen LogP) is 3.93. The largest absolute Gasteiger partial charge is 0.374 e. The smallest absolute Gasteiger partial charge is 0.224 e. The molecule has 1 N–H and O–H groups in total. The summed E-state index contributed by atoms with van der Waals surface area (Å²) in [6.45, 7) is 2.94. The third-order valence-electron chi connectivity index (χ3n) is 4.72. The van der Waals surface area contributed by atoms with E-state index in [4.69, 9.17) is 4.74 Å². The Labute approximate surface area is 141 Å². The van der Waals surface area contributed by atoms with Crippen molar-refractivity contribution >= 4 is 23.1 Å². The van der Waals surface area contributed by atoms with Crippen molar-refractivity contribution in [3.8, 4) is 0 Å². The average molecular weight is 323 g/mol. The van der Waals surface area contributed by atoms with Gasteiger partial charge in [0, 0.05) is 25.3 Å². The van der Waals surface area contributed by atoms with Gasteiger partial charge < -0.3 is 15.0 Å². The highest BCUT2D eigenvalue weighted by molar-refractivity contribution is 5.97. The monoisotopic (exact) mass is 323 g/mol. The summed E-state index contributed by atoms with van der Waals surface area (Å²) in [6, 6.07) is 10.1. The van der Waals surface area contributed by atoms with Crippen molar-refractivity contribution in [2.24, 2.45) is 0 Å². The van der Waals surface area contributed by atoms with Crippen LogP contribution in [0.15, 0.2) is 36.5 Å². The zero-order valence-electron chi connectivity index (χ0n) is 13.8. The van der Waals surface area contributed by atoms with Gasteiger partial charge in [-0.1, -0.05) is 12.1 Å². The van der Waals surface area contributed by atoms with E-state index in [1.165, 1.54) is 6.42 Å². The van der Waals surface area contributed by atoms with E-state index in [-0.39, 0.29) is 12.0 Å². The summed E-state index contributed by atoms with van der Waals surface area (Å²) in [5.74, 6) is 0.834. The van der Waals surface area contributed by atoms with Crippen molar-refractivity contribution in [1.29, 1.82) is 0 Å². The highest BCUT2D eigenvalue weighted by atomic mass is 16.5. The molecule has 0 bridgehead atoms. The number of fused-ring (bicyclic) bond motifs is 2. The normalized spacial score (nSPS) is 19.7. The van der Waals surface area contributed by atoms with Gasteiger partial charge in [-0.15, -0.1) is 0 Å². The lowest BCUT2D eigenvalue weighted by Crippen LogP contribution is -2.27. The number of rotatable bonds is 1. The van der Waals surface area contributed by atoms with Crippen LogP contribution in [0.5, 0.6) is 0 Å². The molecule has 3 heterocycles. The quantitative estimate of drug-likeness (QED) is 0.864. The maximum atomic E-state index is 12.3. The number of carbonyl (C=O) groups excluding carboxylic acids is 1. The molecule has 1 amide bonds. The minimum atomic E-state index is 0.0245. The van der Waals surface area contributed by atoms with Crippen molar-refractivity contribution < 1.29 is 9.53 Å². The number of pyridine rings is 1. The first kappa shape index (κ1) is 15.1. The zero-order valence-corrected chi connectivity index (χ0v) is 13.8. The molecular weight excluding hydrogens is 302 g/mol. The number of aromatic nitrogens is 1. The summed E-state index contributed by atoms with van der Waals surface area (Å²) < 4.78 is 5.91. The average Bonchev–Trinajstić information content (AvgIpc) is 2.78. The van der Waals surface area contributed by atoms with Crippen LogP contribution < -0.4 is 10.2 Å². The van der Waals surface area contributed by atoms with Gasteiger partial charge in [0.15, 0.2) is 0 Å². The van der Waals surface area contributed by atoms with Crippen LogP contribution in [-0.2, 0) is 16.1 Å². The van der Waals surface area contributed by atoms with E-state index in [9.17, 15) is 4.79 Å². The minimum absolute atomic E-state index is 0.0245. The number of nitrogens with zero attached hydrogens (tertiary/aromatic N) is 2.